The molecule has 1 saturated heterocycles. The number of nitrogens with one attached hydrogen (secondary N) is 2. The molecule has 6 nitrogen and oxygen atoms in total. The summed E-state index contributed by atoms with van der Waals surface area (Å²) >= 11 is 0. The van der Waals surface area contributed by atoms with Gasteiger partial charge >= 0.3 is 12.0 Å². The minimum atomic E-state index is -0.832. The van der Waals surface area contributed by atoms with Crippen LogP contribution in [0.2, 0.25) is 0 Å². The number of H-pyrrole nitrogens is 1. The van der Waals surface area contributed by atoms with Crippen LogP contribution in [0.3, 0.4) is 0 Å². The number of piperidine rings is 1. The molecule has 6 heteroatoms. The van der Waals surface area contributed by atoms with Crippen molar-refractivity contribution in [2.24, 2.45) is 5.92 Å². The van der Waals surface area contributed by atoms with Gasteiger partial charge in [0.05, 0.1) is 5.92 Å². The lowest BCUT2D eigenvalue weighted by atomic mass is 9.99. The van der Waals surface area contributed by atoms with Crippen LogP contribution < -0.4 is 5.32 Å². The number of aliphatic carboxylic acids is 1. The molecule has 116 valence electrons. The van der Waals surface area contributed by atoms with Crippen molar-refractivity contribution in [2.45, 2.75) is 19.8 Å². The van der Waals surface area contributed by atoms with Crippen molar-refractivity contribution in [1.82, 2.24) is 9.88 Å². The summed E-state index contributed by atoms with van der Waals surface area (Å²) in [5, 5.41) is 13.0. The zero-order valence-corrected chi connectivity index (χ0v) is 12.4. The highest BCUT2D eigenvalue weighted by atomic mass is 16.4. The number of fused-ring (bicyclic) bond motifs is 1. The lowest BCUT2D eigenvalue weighted by Crippen LogP contribution is -2.44. The highest BCUT2D eigenvalue weighted by molar-refractivity contribution is 5.93. The third-order valence-corrected chi connectivity index (χ3v) is 4.06. The van der Waals surface area contributed by atoms with Crippen LogP contribution in [0.1, 0.15) is 18.5 Å². The predicted octanol–water partition coefficient (Wildman–Crippen LogP) is 2.80. The van der Waals surface area contributed by atoms with Crippen molar-refractivity contribution >= 4 is 28.6 Å². The van der Waals surface area contributed by atoms with Gasteiger partial charge in [0.25, 0.3) is 0 Å². The first-order valence-corrected chi connectivity index (χ1v) is 7.41. The lowest BCUT2D eigenvalue weighted by Gasteiger charge is -2.30. The van der Waals surface area contributed by atoms with E-state index in [2.05, 4.69) is 10.3 Å². The van der Waals surface area contributed by atoms with E-state index in [-0.39, 0.29) is 12.6 Å². The number of carboxylic acid groups (broad SMARTS) is 1. The molecule has 2 aromatic rings. The fourth-order valence-electron chi connectivity index (χ4n) is 2.92. The molecule has 1 unspecified atom stereocenters. The minimum absolute atomic E-state index is 0.238. The van der Waals surface area contributed by atoms with Gasteiger partial charge in [-0.15, -0.1) is 0 Å². The van der Waals surface area contributed by atoms with Crippen molar-refractivity contribution in [3.8, 4) is 0 Å². The second-order valence-corrected chi connectivity index (χ2v) is 5.81. The van der Waals surface area contributed by atoms with Crippen LogP contribution in [0.4, 0.5) is 10.5 Å². The lowest BCUT2D eigenvalue weighted by molar-refractivity contribution is -0.143. The fourth-order valence-corrected chi connectivity index (χ4v) is 2.92. The largest absolute Gasteiger partial charge is 0.481 e. The van der Waals surface area contributed by atoms with E-state index in [0.717, 1.165) is 23.0 Å². The van der Waals surface area contributed by atoms with E-state index in [1.165, 1.54) is 0 Å². The maximum Gasteiger partial charge on any atom is 0.321 e. The van der Waals surface area contributed by atoms with Crippen LogP contribution in [0.15, 0.2) is 24.3 Å². The molecule has 1 atom stereocenters. The molecule has 1 aromatic heterocycles. The number of benzene rings is 1. The standard InChI is InChI=1S/C16H19N3O3/c1-10-7-12-8-13(4-5-14(12)17-10)18-16(22)19-6-2-3-11(9-19)15(20)21/h4-5,7-8,11,17H,2-3,6,9H2,1H3,(H,18,22)(H,20,21). The highest BCUT2D eigenvalue weighted by Gasteiger charge is 2.28. The van der Waals surface area contributed by atoms with Gasteiger partial charge in [0.1, 0.15) is 0 Å². The summed E-state index contributed by atoms with van der Waals surface area (Å²) < 4.78 is 0. The Morgan fingerprint density at radius 2 is 2.18 bits per heavy atom. The Morgan fingerprint density at radius 3 is 2.95 bits per heavy atom. The molecule has 0 aliphatic carbocycles. The molecule has 0 radical (unpaired) electrons. The molecule has 3 rings (SSSR count). The Hall–Kier alpha value is -2.50. The van der Waals surface area contributed by atoms with Crippen LogP contribution in [0, 0.1) is 12.8 Å². The van der Waals surface area contributed by atoms with Crippen molar-refractivity contribution in [2.75, 3.05) is 18.4 Å². The Labute approximate surface area is 128 Å². The first-order valence-electron chi connectivity index (χ1n) is 7.41. The number of rotatable bonds is 2. The number of carbonyl (C=O) groups excluding carboxylic acids is 1. The molecular formula is C16H19N3O3. The van der Waals surface area contributed by atoms with Crippen LogP contribution in [-0.2, 0) is 4.79 Å². The molecular weight excluding hydrogens is 282 g/mol. The maximum atomic E-state index is 12.3. The average molecular weight is 301 g/mol. The molecule has 0 bridgehead atoms. The number of aromatic amines is 1. The van der Waals surface area contributed by atoms with Gasteiger partial charge < -0.3 is 20.3 Å². The number of urea groups is 1. The molecule has 22 heavy (non-hydrogen) atoms. The summed E-state index contributed by atoms with van der Waals surface area (Å²) in [4.78, 5) is 28.2. The van der Waals surface area contributed by atoms with E-state index in [4.69, 9.17) is 5.11 Å². The van der Waals surface area contributed by atoms with Gasteiger partial charge in [0.2, 0.25) is 0 Å². The monoisotopic (exact) mass is 301 g/mol. The number of likely N-dealkylation sites (tertiary alicyclic amines) is 1. The number of amides is 2. The summed E-state index contributed by atoms with van der Waals surface area (Å²) in [7, 11) is 0. The van der Waals surface area contributed by atoms with E-state index in [0.29, 0.717) is 18.7 Å². The van der Waals surface area contributed by atoms with E-state index in [1.807, 2.05) is 31.2 Å². The number of nitrogens with zero attached hydrogens (tertiary/aromatic N) is 1. The normalized spacial score (nSPS) is 18.4. The number of carbonyl (C=O) groups is 2. The summed E-state index contributed by atoms with van der Waals surface area (Å²) in [6.45, 7) is 2.85. The SMILES string of the molecule is Cc1cc2cc(NC(=O)N3CCCC(C(=O)O)C3)ccc2[nH]1. The Balaban J connectivity index is 1.70. The molecule has 2 amide bonds. The topological polar surface area (TPSA) is 85.4 Å². The van der Waals surface area contributed by atoms with E-state index >= 15 is 0 Å². The summed E-state index contributed by atoms with van der Waals surface area (Å²) in [6, 6.07) is 7.46. The van der Waals surface area contributed by atoms with Gasteiger partial charge in [0, 0.05) is 35.4 Å². The number of aryl methyl sites for hydroxylation is 1. The molecule has 0 spiro atoms. The Morgan fingerprint density at radius 1 is 1.36 bits per heavy atom. The maximum absolute atomic E-state index is 12.3. The third-order valence-electron chi connectivity index (χ3n) is 4.06. The third kappa shape index (κ3) is 2.90. The van der Waals surface area contributed by atoms with Crippen LogP contribution in [-0.4, -0.2) is 40.1 Å². The van der Waals surface area contributed by atoms with Gasteiger partial charge in [0.15, 0.2) is 0 Å². The zero-order valence-electron chi connectivity index (χ0n) is 12.4. The molecule has 1 aliphatic rings. The Kier molecular flexibility index (Phi) is 3.75. The van der Waals surface area contributed by atoms with Crippen LogP contribution >= 0.6 is 0 Å². The van der Waals surface area contributed by atoms with Crippen molar-refractivity contribution in [3.63, 3.8) is 0 Å². The average Bonchev–Trinajstić information content (AvgIpc) is 2.86. The second-order valence-electron chi connectivity index (χ2n) is 5.81. The first-order chi connectivity index (χ1) is 10.5. The number of anilines is 1. The number of carboxylic acids is 1. The van der Waals surface area contributed by atoms with E-state index < -0.39 is 11.9 Å². The van der Waals surface area contributed by atoms with Crippen molar-refractivity contribution in [3.05, 3.63) is 30.0 Å². The molecule has 2 heterocycles. The predicted molar refractivity (Wildman–Crippen MR) is 84.0 cm³/mol. The summed E-state index contributed by atoms with van der Waals surface area (Å²) in [6.07, 6.45) is 1.36. The second kappa shape index (κ2) is 5.71. The minimum Gasteiger partial charge on any atom is -0.481 e. The van der Waals surface area contributed by atoms with E-state index in [9.17, 15) is 9.59 Å². The number of hydrogen-bond donors (Lipinski definition) is 3. The van der Waals surface area contributed by atoms with Gasteiger partial charge in [-0.05, 0) is 44.0 Å². The Bertz CT molecular complexity index is 722. The quantitative estimate of drug-likeness (QED) is 0.797. The molecule has 1 aliphatic heterocycles. The van der Waals surface area contributed by atoms with E-state index in [1.54, 1.807) is 4.90 Å². The summed E-state index contributed by atoms with van der Waals surface area (Å²) in [5.74, 6) is -1.30. The van der Waals surface area contributed by atoms with Crippen molar-refractivity contribution in [1.29, 1.82) is 0 Å². The number of hydrogen-bond acceptors (Lipinski definition) is 2. The van der Waals surface area contributed by atoms with Gasteiger partial charge in [-0.2, -0.15) is 0 Å². The fraction of sp³-hybridized carbons (Fsp3) is 0.375. The van der Waals surface area contributed by atoms with Crippen LogP contribution in [0.5, 0.6) is 0 Å². The highest BCUT2D eigenvalue weighted by Crippen LogP contribution is 2.21. The molecule has 1 fully saturated rings. The molecule has 0 saturated carbocycles. The molecule has 3 N–H and O–H groups in total. The smallest absolute Gasteiger partial charge is 0.321 e. The van der Waals surface area contributed by atoms with Crippen LogP contribution in [0.25, 0.3) is 10.9 Å². The summed E-state index contributed by atoms with van der Waals surface area (Å²) in [5.41, 5.74) is 2.81. The van der Waals surface area contributed by atoms with Gasteiger partial charge in [-0.1, -0.05) is 0 Å². The van der Waals surface area contributed by atoms with Gasteiger partial charge in [-0.3, -0.25) is 4.79 Å². The number of aromatic nitrogens is 1. The van der Waals surface area contributed by atoms with Crippen molar-refractivity contribution < 1.29 is 14.7 Å². The first kappa shape index (κ1) is 14.4. The molecule has 1 aromatic carbocycles. The zero-order chi connectivity index (χ0) is 15.7. The van der Waals surface area contributed by atoms with Gasteiger partial charge in [-0.25, -0.2) is 4.79 Å².